The lowest BCUT2D eigenvalue weighted by atomic mass is 10.2. The average molecular weight is 396 g/mol. The van der Waals surface area contributed by atoms with Crippen molar-refractivity contribution in [1.29, 1.82) is 0 Å². The molecule has 0 saturated carbocycles. The van der Waals surface area contributed by atoms with E-state index in [9.17, 15) is 23.2 Å². The topological polar surface area (TPSA) is 82.2 Å². The number of benzene rings is 1. The van der Waals surface area contributed by atoms with Crippen molar-refractivity contribution >= 4 is 29.3 Å². The first-order chi connectivity index (χ1) is 13.4. The standard InChI is InChI=1S/C18H22F2N4O4/c1-12(25)21-10-14-11-24(18(27)28-14)13-2-3-16(15(20)8-13)22-4-6-23(7-5-22)17(26)9-19/h2-3,8,14H,4-7,9-11H2,1H3,(H,21,25)/t14-/m0/s1. The van der Waals surface area contributed by atoms with Gasteiger partial charge in [-0.25, -0.2) is 13.6 Å². The number of nitrogens with zero attached hydrogens (tertiary/aromatic N) is 3. The number of carbonyl (C=O) groups excluding carboxylic acids is 3. The van der Waals surface area contributed by atoms with Crippen molar-refractivity contribution in [2.75, 3.05) is 55.7 Å². The summed E-state index contributed by atoms with van der Waals surface area (Å²) in [6.45, 7) is 2.19. The molecule has 2 fully saturated rings. The molecule has 3 amide bonds. The molecule has 0 aliphatic carbocycles. The summed E-state index contributed by atoms with van der Waals surface area (Å²) in [5.74, 6) is -1.28. The van der Waals surface area contributed by atoms with E-state index in [1.165, 1.54) is 22.8 Å². The highest BCUT2D eigenvalue weighted by Crippen LogP contribution is 2.28. The van der Waals surface area contributed by atoms with Gasteiger partial charge in [-0.1, -0.05) is 0 Å². The summed E-state index contributed by atoms with van der Waals surface area (Å²) >= 11 is 0. The molecule has 1 aromatic rings. The molecule has 2 saturated heterocycles. The van der Waals surface area contributed by atoms with E-state index in [1.54, 1.807) is 17.0 Å². The molecule has 0 unspecified atom stereocenters. The van der Waals surface area contributed by atoms with E-state index in [2.05, 4.69) is 5.32 Å². The van der Waals surface area contributed by atoms with E-state index in [0.717, 1.165) is 0 Å². The predicted octanol–water partition coefficient (Wildman–Crippen LogP) is 0.905. The first kappa shape index (κ1) is 19.8. The first-order valence-corrected chi connectivity index (χ1v) is 9.00. The van der Waals surface area contributed by atoms with Crippen LogP contribution < -0.4 is 15.1 Å². The highest BCUT2D eigenvalue weighted by Gasteiger charge is 2.33. The first-order valence-electron chi connectivity index (χ1n) is 9.00. The number of halogens is 2. The maximum Gasteiger partial charge on any atom is 0.414 e. The summed E-state index contributed by atoms with van der Waals surface area (Å²) in [7, 11) is 0. The van der Waals surface area contributed by atoms with Crippen LogP contribution in [0.2, 0.25) is 0 Å². The Morgan fingerprint density at radius 1 is 1.25 bits per heavy atom. The van der Waals surface area contributed by atoms with E-state index in [1.807, 2.05) is 0 Å². The van der Waals surface area contributed by atoms with E-state index in [0.29, 0.717) is 37.6 Å². The normalized spacial score (nSPS) is 19.6. The van der Waals surface area contributed by atoms with Gasteiger partial charge in [0.15, 0.2) is 6.67 Å². The lowest BCUT2D eigenvalue weighted by Crippen LogP contribution is -2.49. The van der Waals surface area contributed by atoms with Crippen molar-refractivity contribution in [3.63, 3.8) is 0 Å². The second kappa shape index (κ2) is 8.41. The molecule has 1 aromatic carbocycles. The predicted molar refractivity (Wildman–Crippen MR) is 97.5 cm³/mol. The van der Waals surface area contributed by atoms with Crippen LogP contribution in [0, 0.1) is 5.82 Å². The summed E-state index contributed by atoms with van der Waals surface area (Å²) < 4.78 is 32.3. The minimum Gasteiger partial charge on any atom is -0.442 e. The zero-order valence-corrected chi connectivity index (χ0v) is 15.5. The number of anilines is 2. The molecule has 10 heteroatoms. The Hall–Kier alpha value is -2.91. The fraction of sp³-hybridized carbons (Fsp3) is 0.500. The number of alkyl halides is 1. The molecule has 2 aliphatic heterocycles. The van der Waals surface area contributed by atoms with E-state index in [-0.39, 0.29) is 19.0 Å². The van der Waals surface area contributed by atoms with Crippen molar-refractivity contribution < 1.29 is 27.9 Å². The molecule has 152 valence electrons. The second-order valence-corrected chi connectivity index (χ2v) is 6.69. The minimum atomic E-state index is -1.03. The van der Waals surface area contributed by atoms with Crippen LogP contribution in [0.25, 0.3) is 0 Å². The van der Waals surface area contributed by atoms with Crippen molar-refractivity contribution in [3.05, 3.63) is 24.0 Å². The second-order valence-electron chi connectivity index (χ2n) is 6.69. The number of cyclic esters (lactones) is 1. The van der Waals surface area contributed by atoms with Gasteiger partial charge in [0.05, 0.1) is 24.5 Å². The van der Waals surface area contributed by atoms with Gasteiger partial charge in [-0.15, -0.1) is 0 Å². The Kier molecular flexibility index (Phi) is 5.96. The fourth-order valence-corrected chi connectivity index (χ4v) is 3.30. The van der Waals surface area contributed by atoms with Crippen molar-refractivity contribution in [3.8, 4) is 0 Å². The lowest BCUT2D eigenvalue weighted by molar-refractivity contribution is -0.132. The Morgan fingerprint density at radius 2 is 1.96 bits per heavy atom. The van der Waals surface area contributed by atoms with Gasteiger partial charge in [-0.05, 0) is 18.2 Å². The number of hydrogen-bond donors (Lipinski definition) is 1. The third kappa shape index (κ3) is 4.32. The van der Waals surface area contributed by atoms with Crippen molar-refractivity contribution in [1.82, 2.24) is 10.2 Å². The van der Waals surface area contributed by atoms with Crippen LogP contribution in [-0.4, -0.2) is 74.9 Å². The van der Waals surface area contributed by atoms with Gasteiger partial charge < -0.3 is 19.9 Å². The summed E-state index contributed by atoms with van der Waals surface area (Å²) in [5.41, 5.74) is 0.723. The van der Waals surface area contributed by atoms with E-state index in [4.69, 9.17) is 4.74 Å². The summed E-state index contributed by atoms with van der Waals surface area (Å²) in [5, 5.41) is 2.58. The van der Waals surface area contributed by atoms with Gasteiger partial charge in [0.25, 0.3) is 5.91 Å². The third-order valence-electron chi connectivity index (χ3n) is 4.78. The highest BCUT2D eigenvalue weighted by atomic mass is 19.1. The molecule has 28 heavy (non-hydrogen) atoms. The van der Waals surface area contributed by atoms with Crippen LogP contribution in [0.4, 0.5) is 25.0 Å². The Bertz CT molecular complexity index is 768. The largest absolute Gasteiger partial charge is 0.442 e. The molecular formula is C18H22F2N4O4. The average Bonchev–Trinajstić information content (AvgIpc) is 3.06. The SMILES string of the molecule is CC(=O)NC[C@H]1CN(c2ccc(N3CCN(C(=O)CF)CC3)c(F)c2)C(=O)O1. The quantitative estimate of drug-likeness (QED) is 0.800. The molecule has 3 rings (SSSR count). The Labute approximate surface area is 161 Å². The molecule has 1 N–H and O–H groups in total. The summed E-state index contributed by atoms with van der Waals surface area (Å²) in [6.07, 6.45) is -1.10. The molecular weight excluding hydrogens is 374 g/mol. The number of ether oxygens (including phenoxy) is 1. The van der Waals surface area contributed by atoms with Crippen LogP contribution in [0.1, 0.15) is 6.92 Å². The zero-order valence-electron chi connectivity index (χ0n) is 15.5. The molecule has 2 aliphatic rings. The van der Waals surface area contributed by atoms with Crippen LogP contribution >= 0.6 is 0 Å². The number of amides is 3. The number of nitrogens with one attached hydrogen (secondary N) is 1. The van der Waals surface area contributed by atoms with Gasteiger partial charge in [0.2, 0.25) is 5.91 Å². The van der Waals surface area contributed by atoms with Gasteiger partial charge in [-0.2, -0.15) is 0 Å². The lowest BCUT2D eigenvalue weighted by Gasteiger charge is -2.36. The molecule has 8 nitrogen and oxygen atoms in total. The van der Waals surface area contributed by atoms with Crippen LogP contribution in [0.3, 0.4) is 0 Å². The van der Waals surface area contributed by atoms with Gasteiger partial charge in [0.1, 0.15) is 11.9 Å². The van der Waals surface area contributed by atoms with Gasteiger partial charge in [0, 0.05) is 33.1 Å². The van der Waals surface area contributed by atoms with Crippen LogP contribution in [-0.2, 0) is 14.3 Å². The number of piperazine rings is 1. The monoisotopic (exact) mass is 396 g/mol. The van der Waals surface area contributed by atoms with Crippen LogP contribution in [0.15, 0.2) is 18.2 Å². The molecule has 1 atom stereocenters. The number of carbonyl (C=O) groups is 3. The molecule has 2 heterocycles. The van der Waals surface area contributed by atoms with Gasteiger partial charge >= 0.3 is 6.09 Å². The Balaban J connectivity index is 1.64. The van der Waals surface area contributed by atoms with Crippen LogP contribution in [0.5, 0.6) is 0 Å². The van der Waals surface area contributed by atoms with Gasteiger partial charge in [-0.3, -0.25) is 14.5 Å². The minimum absolute atomic E-state index is 0.194. The molecule has 0 radical (unpaired) electrons. The highest BCUT2D eigenvalue weighted by molar-refractivity contribution is 5.90. The maximum absolute atomic E-state index is 14.7. The maximum atomic E-state index is 14.7. The van der Waals surface area contributed by atoms with E-state index >= 15 is 0 Å². The zero-order chi connectivity index (χ0) is 20.3. The summed E-state index contributed by atoms with van der Waals surface area (Å²) in [6, 6.07) is 4.46. The van der Waals surface area contributed by atoms with Crippen molar-refractivity contribution in [2.45, 2.75) is 13.0 Å². The number of rotatable bonds is 5. The Morgan fingerprint density at radius 3 is 2.57 bits per heavy atom. The van der Waals surface area contributed by atoms with Crippen molar-refractivity contribution in [2.24, 2.45) is 0 Å². The fourth-order valence-electron chi connectivity index (χ4n) is 3.30. The third-order valence-corrected chi connectivity index (χ3v) is 4.78. The summed E-state index contributed by atoms with van der Waals surface area (Å²) in [4.78, 5) is 38.9. The molecule has 0 bridgehead atoms. The number of hydrogen-bond acceptors (Lipinski definition) is 5. The molecule has 0 aromatic heterocycles. The van der Waals surface area contributed by atoms with E-state index < -0.39 is 30.6 Å². The molecule has 0 spiro atoms. The smallest absolute Gasteiger partial charge is 0.414 e.